The van der Waals surface area contributed by atoms with Gasteiger partial charge in [0.05, 0.1) is 19.3 Å². The number of carbonyl (C=O) groups excluding carboxylic acids is 1. The van der Waals surface area contributed by atoms with Crippen LogP contribution in [0, 0.1) is 0 Å². The highest BCUT2D eigenvalue weighted by Gasteiger charge is 2.45. The molecule has 1 amide bonds. The van der Waals surface area contributed by atoms with Gasteiger partial charge in [-0.2, -0.15) is 8.78 Å². The molecular weight excluding hydrogens is 360 g/mol. The van der Waals surface area contributed by atoms with E-state index in [1.54, 1.807) is 6.92 Å². The number of para-hydroxylation sites is 1. The Hall–Kier alpha value is -3.16. The Labute approximate surface area is 154 Å². The standard InChI is InChI=1S/C19H19F2NO5/c1-3-27-15-7-5-4-6-14(15)19(20,21)18(25)22-16(17(23)24)12-8-10-13(26-2)11-9-12/h4-11,16H,3H2,1-2H3,(H,22,25)(H,23,24). The quantitative estimate of drug-likeness (QED) is 0.736. The Morgan fingerprint density at radius 3 is 2.33 bits per heavy atom. The molecule has 0 radical (unpaired) electrons. The SMILES string of the molecule is CCOc1ccccc1C(F)(F)C(=O)NC(C(=O)O)c1ccc(OC)cc1. The molecule has 0 heterocycles. The predicted molar refractivity (Wildman–Crippen MR) is 93.0 cm³/mol. The average molecular weight is 379 g/mol. The maximum absolute atomic E-state index is 14.7. The van der Waals surface area contributed by atoms with E-state index in [1.807, 2.05) is 5.32 Å². The lowest BCUT2D eigenvalue weighted by Crippen LogP contribution is -2.42. The summed E-state index contributed by atoms with van der Waals surface area (Å²) in [6.07, 6.45) is 0. The fraction of sp³-hybridized carbons (Fsp3) is 0.263. The summed E-state index contributed by atoms with van der Waals surface area (Å²) in [6, 6.07) is 9.28. The van der Waals surface area contributed by atoms with Crippen LogP contribution in [0.1, 0.15) is 24.1 Å². The largest absolute Gasteiger partial charge is 0.497 e. The number of ether oxygens (including phenoxy) is 2. The minimum atomic E-state index is -3.98. The third kappa shape index (κ3) is 4.52. The van der Waals surface area contributed by atoms with Crippen LogP contribution in [0.3, 0.4) is 0 Å². The summed E-state index contributed by atoms with van der Waals surface area (Å²) < 4.78 is 39.5. The Morgan fingerprint density at radius 2 is 1.78 bits per heavy atom. The Bertz CT molecular complexity index is 808. The third-order valence-electron chi connectivity index (χ3n) is 3.78. The smallest absolute Gasteiger partial charge is 0.353 e. The molecule has 2 aromatic carbocycles. The second-order valence-electron chi connectivity index (χ2n) is 5.52. The molecular formula is C19H19F2NO5. The van der Waals surface area contributed by atoms with Crippen LogP contribution in [0.4, 0.5) is 8.78 Å². The molecule has 0 bridgehead atoms. The number of alkyl halides is 2. The van der Waals surface area contributed by atoms with Gasteiger partial charge in [0.15, 0.2) is 6.04 Å². The second kappa shape index (κ2) is 8.48. The minimum Gasteiger partial charge on any atom is -0.497 e. The Morgan fingerprint density at radius 1 is 1.15 bits per heavy atom. The lowest BCUT2D eigenvalue weighted by Gasteiger charge is -2.22. The molecule has 0 aromatic heterocycles. The summed E-state index contributed by atoms with van der Waals surface area (Å²) in [4.78, 5) is 23.7. The van der Waals surface area contributed by atoms with Crippen molar-refractivity contribution in [3.63, 3.8) is 0 Å². The topological polar surface area (TPSA) is 84.9 Å². The molecule has 1 unspecified atom stereocenters. The van der Waals surface area contributed by atoms with Gasteiger partial charge in [-0.3, -0.25) is 4.79 Å². The van der Waals surface area contributed by atoms with Gasteiger partial charge in [0, 0.05) is 0 Å². The van der Waals surface area contributed by atoms with Gasteiger partial charge in [0.2, 0.25) is 0 Å². The first kappa shape index (κ1) is 20.2. The van der Waals surface area contributed by atoms with E-state index in [2.05, 4.69) is 0 Å². The number of hydrogen-bond donors (Lipinski definition) is 2. The molecule has 144 valence electrons. The number of carboxylic acid groups (broad SMARTS) is 1. The fourth-order valence-corrected chi connectivity index (χ4v) is 2.44. The van der Waals surface area contributed by atoms with Crippen LogP contribution >= 0.6 is 0 Å². The number of aliphatic carboxylic acids is 1. The number of halogens is 2. The van der Waals surface area contributed by atoms with Crippen molar-refractivity contribution >= 4 is 11.9 Å². The van der Waals surface area contributed by atoms with E-state index in [1.165, 1.54) is 49.6 Å². The summed E-state index contributed by atoms with van der Waals surface area (Å²) in [5.74, 6) is -6.87. The highest BCUT2D eigenvalue weighted by Crippen LogP contribution is 2.36. The summed E-state index contributed by atoms with van der Waals surface area (Å²) in [6.45, 7) is 1.76. The van der Waals surface area contributed by atoms with Crippen molar-refractivity contribution < 1.29 is 33.0 Å². The first-order valence-corrected chi connectivity index (χ1v) is 8.09. The van der Waals surface area contributed by atoms with E-state index < -0.39 is 29.4 Å². The van der Waals surface area contributed by atoms with E-state index in [0.717, 1.165) is 6.07 Å². The number of benzene rings is 2. The van der Waals surface area contributed by atoms with Crippen molar-refractivity contribution in [2.24, 2.45) is 0 Å². The molecule has 0 aliphatic heterocycles. The second-order valence-corrected chi connectivity index (χ2v) is 5.52. The maximum Gasteiger partial charge on any atom is 0.353 e. The normalized spacial score (nSPS) is 12.1. The van der Waals surface area contributed by atoms with Gasteiger partial charge in [0.25, 0.3) is 5.91 Å². The molecule has 8 heteroatoms. The number of nitrogens with one attached hydrogen (secondary N) is 1. The zero-order valence-electron chi connectivity index (χ0n) is 14.7. The highest BCUT2D eigenvalue weighted by molar-refractivity contribution is 5.90. The van der Waals surface area contributed by atoms with E-state index in [4.69, 9.17) is 9.47 Å². The van der Waals surface area contributed by atoms with E-state index in [-0.39, 0.29) is 17.9 Å². The molecule has 1 atom stereocenters. The van der Waals surface area contributed by atoms with Gasteiger partial charge in [-0.15, -0.1) is 0 Å². The Kier molecular flexibility index (Phi) is 6.33. The van der Waals surface area contributed by atoms with Gasteiger partial charge < -0.3 is 19.9 Å². The van der Waals surface area contributed by atoms with Crippen molar-refractivity contribution in [2.45, 2.75) is 18.9 Å². The van der Waals surface area contributed by atoms with Gasteiger partial charge in [-0.05, 0) is 36.8 Å². The van der Waals surface area contributed by atoms with Crippen LogP contribution in [-0.4, -0.2) is 30.7 Å². The molecule has 2 aromatic rings. The minimum absolute atomic E-state index is 0.130. The summed E-state index contributed by atoms with van der Waals surface area (Å²) in [5.41, 5.74) is -0.506. The van der Waals surface area contributed by atoms with Gasteiger partial charge in [-0.1, -0.05) is 24.3 Å². The Balaban J connectivity index is 2.29. The lowest BCUT2D eigenvalue weighted by molar-refractivity contribution is -0.152. The van der Waals surface area contributed by atoms with Crippen molar-refractivity contribution in [1.29, 1.82) is 0 Å². The van der Waals surface area contributed by atoms with Crippen LogP contribution in [0.5, 0.6) is 11.5 Å². The van der Waals surface area contributed by atoms with Crippen molar-refractivity contribution in [3.8, 4) is 11.5 Å². The first-order valence-electron chi connectivity index (χ1n) is 8.09. The maximum atomic E-state index is 14.7. The number of carboxylic acids is 1. The van der Waals surface area contributed by atoms with Crippen molar-refractivity contribution in [2.75, 3.05) is 13.7 Å². The van der Waals surface area contributed by atoms with Crippen molar-refractivity contribution in [1.82, 2.24) is 5.32 Å². The van der Waals surface area contributed by atoms with Gasteiger partial charge >= 0.3 is 11.9 Å². The summed E-state index contributed by atoms with van der Waals surface area (Å²) in [5, 5.41) is 11.3. The molecule has 6 nitrogen and oxygen atoms in total. The zero-order valence-corrected chi connectivity index (χ0v) is 14.7. The summed E-state index contributed by atoms with van der Waals surface area (Å²) in [7, 11) is 1.43. The molecule has 2 rings (SSSR count). The highest BCUT2D eigenvalue weighted by atomic mass is 19.3. The number of methoxy groups -OCH3 is 1. The molecule has 0 saturated heterocycles. The van der Waals surface area contributed by atoms with Gasteiger partial charge in [0.1, 0.15) is 11.5 Å². The van der Waals surface area contributed by atoms with E-state index in [9.17, 15) is 23.5 Å². The van der Waals surface area contributed by atoms with E-state index >= 15 is 0 Å². The van der Waals surface area contributed by atoms with Crippen molar-refractivity contribution in [3.05, 3.63) is 59.7 Å². The number of rotatable bonds is 8. The molecule has 0 spiro atoms. The van der Waals surface area contributed by atoms with Crippen LogP contribution in [0.25, 0.3) is 0 Å². The predicted octanol–water partition coefficient (Wildman–Crippen LogP) is 3.13. The summed E-state index contributed by atoms with van der Waals surface area (Å²) >= 11 is 0. The molecule has 0 fully saturated rings. The molecule has 0 aliphatic rings. The zero-order chi connectivity index (χ0) is 20.0. The molecule has 2 N–H and O–H groups in total. The molecule has 0 aliphatic carbocycles. The number of hydrogen-bond acceptors (Lipinski definition) is 4. The average Bonchev–Trinajstić information content (AvgIpc) is 2.66. The molecule has 27 heavy (non-hydrogen) atoms. The van der Waals surface area contributed by atoms with E-state index in [0.29, 0.717) is 5.75 Å². The van der Waals surface area contributed by atoms with Crippen LogP contribution < -0.4 is 14.8 Å². The third-order valence-corrected chi connectivity index (χ3v) is 3.78. The number of carbonyl (C=O) groups is 2. The molecule has 0 saturated carbocycles. The number of amides is 1. The lowest BCUT2D eigenvalue weighted by atomic mass is 10.0. The monoisotopic (exact) mass is 379 g/mol. The van der Waals surface area contributed by atoms with Gasteiger partial charge in [-0.25, -0.2) is 4.79 Å². The van der Waals surface area contributed by atoms with Crippen LogP contribution in [0.15, 0.2) is 48.5 Å². The van der Waals surface area contributed by atoms with Crippen LogP contribution in [-0.2, 0) is 15.5 Å². The van der Waals surface area contributed by atoms with Crippen LogP contribution in [0.2, 0.25) is 0 Å². The first-order chi connectivity index (χ1) is 12.8. The fourth-order valence-electron chi connectivity index (χ4n) is 2.44.